The van der Waals surface area contributed by atoms with Gasteiger partial charge in [-0.1, -0.05) is 0 Å². The molecule has 0 bridgehead atoms. The lowest BCUT2D eigenvalue weighted by Gasteiger charge is -2.04. The second kappa shape index (κ2) is 14.8. The van der Waals surface area contributed by atoms with Crippen LogP contribution < -0.4 is 0 Å². The minimum absolute atomic E-state index is 0.125. The lowest BCUT2D eigenvalue weighted by molar-refractivity contribution is -0.143. The van der Waals surface area contributed by atoms with Crippen LogP contribution in [0, 0.1) is 0 Å². The first-order valence-corrected chi connectivity index (χ1v) is 5.10. The SMILES string of the molecule is CC(=O)OCCOCCOC(C)=O.OCCO. The molecular weight excluding hydrogens is 232 g/mol. The molecule has 0 fully saturated rings. The zero-order chi connectivity index (χ0) is 13.5. The van der Waals surface area contributed by atoms with Crippen molar-refractivity contribution in [2.45, 2.75) is 13.8 Å². The Kier molecular flexibility index (Phi) is 15.9. The van der Waals surface area contributed by atoms with Crippen LogP contribution in [0.25, 0.3) is 0 Å². The average Bonchev–Trinajstić information content (AvgIpc) is 2.27. The number of hydrogen-bond donors (Lipinski definition) is 2. The fourth-order valence-corrected chi connectivity index (χ4v) is 0.591. The van der Waals surface area contributed by atoms with Gasteiger partial charge < -0.3 is 24.4 Å². The largest absolute Gasteiger partial charge is 0.463 e. The predicted molar refractivity (Wildman–Crippen MR) is 58.3 cm³/mol. The molecule has 0 rings (SSSR count). The van der Waals surface area contributed by atoms with E-state index in [4.69, 9.17) is 14.9 Å². The summed E-state index contributed by atoms with van der Waals surface area (Å²) in [6.45, 7) is 3.52. The Morgan fingerprint density at radius 3 is 1.41 bits per heavy atom. The number of rotatable bonds is 7. The molecule has 0 aliphatic carbocycles. The van der Waals surface area contributed by atoms with Crippen molar-refractivity contribution in [1.82, 2.24) is 0 Å². The van der Waals surface area contributed by atoms with Gasteiger partial charge in [0.1, 0.15) is 13.2 Å². The van der Waals surface area contributed by atoms with E-state index in [9.17, 15) is 9.59 Å². The van der Waals surface area contributed by atoms with Crippen LogP contribution in [-0.4, -0.2) is 61.8 Å². The van der Waals surface area contributed by atoms with Crippen molar-refractivity contribution in [1.29, 1.82) is 0 Å². The topological polar surface area (TPSA) is 102 Å². The molecule has 0 saturated carbocycles. The summed E-state index contributed by atoms with van der Waals surface area (Å²) in [5.74, 6) is -0.660. The van der Waals surface area contributed by atoms with Crippen LogP contribution >= 0.6 is 0 Å². The van der Waals surface area contributed by atoms with Crippen molar-refractivity contribution < 1.29 is 34.0 Å². The molecule has 7 nitrogen and oxygen atoms in total. The molecule has 0 spiro atoms. The van der Waals surface area contributed by atoms with Gasteiger partial charge in [-0.25, -0.2) is 0 Å². The Bertz CT molecular complexity index is 173. The molecule has 7 heteroatoms. The van der Waals surface area contributed by atoms with E-state index in [2.05, 4.69) is 9.47 Å². The quantitative estimate of drug-likeness (QED) is 0.447. The number of aliphatic hydroxyl groups is 2. The molecule has 0 radical (unpaired) electrons. The summed E-state index contributed by atoms with van der Waals surface area (Å²) in [7, 11) is 0. The van der Waals surface area contributed by atoms with E-state index in [-0.39, 0.29) is 38.4 Å². The molecule has 0 atom stereocenters. The third-order valence-corrected chi connectivity index (χ3v) is 1.17. The molecule has 0 aromatic carbocycles. The monoisotopic (exact) mass is 252 g/mol. The molecule has 0 aromatic heterocycles. The fourth-order valence-electron chi connectivity index (χ4n) is 0.591. The maximum absolute atomic E-state index is 10.3. The van der Waals surface area contributed by atoms with Gasteiger partial charge in [-0.05, 0) is 0 Å². The van der Waals surface area contributed by atoms with Crippen LogP contribution in [0.4, 0.5) is 0 Å². The van der Waals surface area contributed by atoms with Crippen molar-refractivity contribution in [3.05, 3.63) is 0 Å². The standard InChI is InChI=1S/C8H14O5.C2H6O2/c1-7(9)12-5-3-11-4-6-13-8(2)10;3-1-2-4/h3-6H2,1-2H3;3-4H,1-2H2. The van der Waals surface area contributed by atoms with E-state index in [1.165, 1.54) is 13.8 Å². The molecule has 17 heavy (non-hydrogen) atoms. The highest BCUT2D eigenvalue weighted by molar-refractivity contribution is 5.66. The smallest absolute Gasteiger partial charge is 0.302 e. The van der Waals surface area contributed by atoms with Gasteiger partial charge in [-0.15, -0.1) is 0 Å². The lowest BCUT2D eigenvalue weighted by Crippen LogP contribution is -2.12. The lowest BCUT2D eigenvalue weighted by atomic mass is 10.7. The summed E-state index contributed by atoms with van der Waals surface area (Å²) >= 11 is 0. The summed E-state index contributed by atoms with van der Waals surface area (Å²) in [6, 6.07) is 0. The number of carbonyl (C=O) groups excluding carboxylic acids is 2. The van der Waals surface area contributed by atoms with E-state index in [0.29, 0.717) is 13.2 Å². The first-order chi connectivity index (χ1) is 8.04. The number of carbonyl (C=O) groups is 2. The molecule has 2 N–H and O–H groups in total. The minimum atomic E-state index is -0.330. The number of esters is 2. The molecule has 0 aliphatic heterocycles. The van der Waals surface area contributed by atoms with Crippen LogP contribution in [0.3, 0.4) is 0 Å². The third kappa shape index (κ3) is 25.3. The molecule has 102 valence electrons. The first-order valence-electron chi connectivity index (χ1n) is 5.10. The fraction of sp³-hybridized carbons (Fsp3) is 0.800. The van der Waals surface area contributed by atoms with Crippen LogP contribution in [0.5, 0.6) is 0 Å². The van der Waals surface area contributed by atoms with E-state index < -0.39 is 0 Å². The second-order valence-electron chi connectivity index (χ2n) is 2.74. The van der Waals surface area contributed by atoms with Crippen molar-refractivity contribution >= 4 is 11.9 Å². The maximum Gasteiger partial charge on any atom is 0.302 e. The van der Waals surface area contributed by atoms with Crippen molar-refractivity contribution in [2.75, 3.05) is 39.6 Å². The number of aliphatic hydroxyl groups excluding tert-OH is 2. The Labute approximate surface area is 100 Å². The maximum atomic E-state index is 10.3. The molecule has 0 amide bonds. The highest BCUT2D eigenvalue weighted by atomic mass is 16.6. The summed E-state index contributed by atoms with van der Waals surface area (Å²) in [5.41, 5.74) is 0. The number of hydrogen-bond acceptors (Lipinski definition) is 7. The van der Waals surface area contributed by atoms with Crippen LogP contribution in [0.15, 0.2) is 0 Å². The van der Waals surface area contributed by atoms with Crippen molar-refractivity contribution in [2.24, 2.45) is 0 Å². The number of ether oxygens (including phenoxy) is 3. The zero-order valence-corrected chi connectivity index (χ0v) is 10.2. The molecule has 0 aliphatic rings. The molecule has 0 saturated heterocycles. The minimum Gasteiger partial charge on any atom is -0.463 e. The summed E-state index contributed by atoms with van der Waals surface area (Å²) in [5, 5.41) is 15.2. The van der Waals surface area contributed by atoms with Gasteiger partial charge in [-0.3, -0.25) is 9.59 Å². The van der Waals surface area contributed by atoms with Gasteiger partial charge in [-0.2, -0.15) is 0 Å². The van der Waals surface area contributed by atoms with Gasteiger partial charge in [0.2, 0.25) is 0 Å². The normalized spacial score (nSPS) is 8.94. The Morgan fingerprint density at radius 2 is 1.18 bits per heavy atom. The van der Waals surface area contributed by atoms with E-state index in [1.807, 2.05) is 0 Å². The van der Waals surface area contributed by atoms with Gasteiger partial charge in [0.25, 0.3) is 0 Å². The second-order valence-corrected chi connectivity index (χ2v) is 2.74. The highest BCUT2D eigenvalue weighted by Crippen LogP contribution is 1.81. The summed E-state index contributed by atoms with van der Waals surface area (Å²) in [4.78, 5) is 20.5. The molecular formula is C10H20O7. The van der Waals surface area contributed by atoms with E-state index in [0.717, 1.165) is 0 Å². The highest BCUT2D eigenvalue weighted by Gasteiger charge is 1.94. The predicted octanol–water partition coefficient (Wildman–Crippen LogP) is -0.900. The Balaban J connectivity index is 0. The van der Waals surface area contributed by atoms with Crippen molar-refractivity contribution in [3.8, 4) is 0 Å². The van der Waals surface area contributed by atoms with Crippen LogP contribution in [0.1, 0.15) is 13.8 Å². The van der Waals surface area contributed by atoms with E-state index in [1.54, 1.807) is 0 Å². The third-order valence-electron chi connectivity index (χ3n) is 1.17. The molecule has 0 aromatic rings. The first kappa shape index (κ1) is 18.2. The van der Waals surface area contributed by atoms with Gasteiger partial charge in [0.15, 0.2) is 0 Å². The Hall–Kier alpha value is -1.18. The van der Waals surface area contributed by atoms with E-state index >= 15 is 0 Å². The molecule has 0 unspecified atom stereocenters. The Morgan fingerprint density at radius 1 is 0.824 bits per heavy atom. The van der Waals surface area contributed by atoms with Gasteiger partial charge >= 0.3 is 11.9 Å². The van der Waals surface area contributed by atoms with Crippen molar-refractivity contribution in [3.63, 3.8) is 0 Å². The molecule has 0 heterocycles. The van der Waals surface area contributed by atoms with Gasteiger partial charge in [0, 0.05) is 13.8 Å². The van der Waals surface area contributed by atoms with Crippen LogP contribution in [0.2, 0.25) is 0 Å². The average molecular weight is 252 g/mol. The van der Waals surface area contributed by atoms with Gasteiger partial charge in [0.05, 0.1) is 26.4 Å². The zero-order valence-electron chi connectivity index (χ0n) is 10.2. The summed E-state index contributed by atoms with van der Waals surface area (Å²) < 4.78 is 14.2. The van der Waals surface area contributed by atoms with Crippen LogP contribution in [-0.2, 0) is 23.8 Å². The summed E-state index contributed by atoms with van der Waals surface area (Å²) in [6.07, 6.45) is 0.